The Kier molecular flexibility index (Phi) is 4.47. The SMILES string of the molecule is CCn1c(=O)c2ccccc2n(CC(=O)N2CCc3cc(Br)ccc32)c1=O. The van der Waals surface area contributed by atoms with Crippen LogP contribution in [0.3, 0.4) is 0 Å². The van der Waals surface area contributed by atoms with Crippen LogP contribution in [0.4, 0.5) is 5.69 Å². The van der Waals surface area contributed by atoms with Crippen molar-refractivity contribution in [3.05, 3.63) is 73.3 Å². The zero-order chi connectivity index (χ0) is 19.1. The van der Waals surface area contributed by atoms with Crippen molar-refractivity contribution in [2.24, 2.45) is 0 Å². The summed E-state index contributed by atoms with van der Waals surface area (Å²) in [5.74, 6) is -0.162. The molecule has 0 aliphatic carbocycles. The number of rotatable bonds is 3. The Morgan fingerprint density at radius 2 is 1.89 bits per heavy atom. The number of hydrogen-bond donors (Lipinski definition) is 0. The quantitative estimate of drug-likeness (QED) is 0.644. The Morgan fingerprint density at radius 3 is 2.67 bits per heavy atom. The van der Waals surface area contributed by atoms with Crippen LogP contribution < -0.4 is 16.1 Å². The van der Waals surface area contributed by atoms with Gasteiger partial charge >= 0.3 is 5.69 Å². The van der Waals surface area contributed by atoms with Crippen LogP contribution in [0.25, 0.3) is 10.9 Å². The van der Waals surface area contributed by atoms with E-state index in [-0.39, 0.29) is 24.6 Å². The van der Waals surface area contributed by atoms with Gasteiger partial charge in [0.1, 0.15) is 6.54 Å². The lowest BCUT2D eigenvalue weighted by Crippen LogP contribution is -2.43. The lowest BCUT2D eigenvalue weighted by Gasteiger charge is -2.19. The zero-order valence-electron chi connectivity index (χ0n) is 14.8. The summed E-state index contributed by atoms with van der Waals surface area (Å²) in [6.07, 6.45) is 0.782. The summed E-state index contributed by atoms with van der Waals surface area (Å²) in [5, 5.41) is 0.442. The van der Waals surface area contributed by atoms with E-state index in [2.05, 4.69) is 15.9 Å². The normalized spacial score (nSPS) is 13.2. The Labute approximate surface area is 163 Å². The van der Waals surface area contributed by atoms with Gasteiger partial charge < -0.3 is 4.90 Å². The van der Waals surface area contributed by atoms with Gasteiger partial charge in [-0.25, -0.2) is 4.79 Å². The van der Waals surface area contributed by atoms with Gasteiger partial charge in [0.2, 0.25) is 5.91 Å². The van der Waals surface area contributed by atoms with Crippen molar-refractivity contribution in [1.82, 2.24) is 9.13 Å². The molecule has 0 N–H and O–H groups in total. The number of hydrogen-bond acceptors (Lipinski definition) is 3. The highest BCUT2D eigenvalue weighted by Crippen LogP contribution is 2.30. The van der Waals surface area contributed by atoms with E-state index in [0.29, 0.717) is 17.4 Å². The van der Waals surface area contributed by atoms with Gasteiger partial charge in [0.25, 0.3) is 5.56 Å². The van der Waals surface area contributed by atoms with Gasteiger partial charge in [-0.15, -0.1) is 0 Å². The third kappa shape index (κ3) is 2.92. The first-order valence-corrected chi connectivity index (χ1v) is 9.61. The molecule has 27 heavy (non-hydrogen) atoms. The van der Waals surface area contributed by atoms with Crippen LogP contribution in [0.15, 0.2) is 56.5 Å². The number of amides is 1. The number of fused-ring (bicyclic) bond motifs is 2. The van der Waals surface area contributed by atoms with Crippen LogP contribution in [0, 0.1) is 0 Å². The van der Waals surface area contributed by atoms with E-state index in [1.165, 1.54) is 9.13 Å². The molecular weight excluding hydrogens is 410 g/mol. The summed E-state index contributed by atoms with van der Waals surface area (Å²) in [6, 6.07) is 12.8. The third-order valence-corrected chi connectivity index (χ3v) is 5.47. The molecule has 0 radical (unpaired) electrons. The molecule has 0 atom stereocenters. The summed E-state index contributed by atoms with van der Waals surface area (Å²) < 4.78 is 3.55. The van der Waals surface area contributed by atoms with Crippen LogP contribution in [0.5, 0.6) is 0 Å². The van der Waals surface area contributed by atoms with Crippen LogP contribution in [0.1, 0.15) is 12.5 Å². The fourth-order valence-corrected chi connectivity index (χ4v) is 4.06. The summed E-state index contributed by atoms with van der Waals surface area (Å²) in [4.78, 5) is 40.1. The maximum absolute atomic E-state index is 13.0. The highest BCUT2D eigenvalue weighted by atomic mass is 79.9. The summed E-state index contributed by atoms with van der Waals surface area (Å²) in [6.45, 7) is 2.50. The molecule has 0 fully saturated rings. The molecule has 2 heterocycles. The summed E-state index contributed by atoms with van der Waals surface area (Å²) in [5.41, 5.74) is 1.70. The Balaban J connectivity index is 1.78. The molecule has 1 amide bonds. The Bertz CT molecular complexity index is 1180. The fraction of sp³-hybridized carbons (Fsp3) is 0.250. The van der Waals surface area contributed by atoms with E-state index in [9.17, 15) is 14.4 Å². The molecular formula is C20H18BrN3O3. The molecule has 4 rings (SSSR count). The molecule has 0 saturated heterocycles. The summed E-state index contributed by atoms with van der Waals surface area (Å²) in [7, 11) is 0. The zero-order valence-corrected chi connectivity index (χ0v) is 16.4. The lowest BCUT2D eigenvalue weighted by molar-refractivity contribution is -0.119. The molecule has 0 spiro atoms. The first kappa shape index (κ1) is 17.7. The van der Waals surface area contributed by atoms with Crippen molar-refractivity contribution in [3.8, 4) is 0 Å². The van der Waals surface area contributed by atoms with Crippen molar-refractivity contribution < 1.29 is 4.79 Å². The van der Waals surface area contributed by atoms with Crippen molar-refractivity contribution in [2.75, 3.05) is 11.4 Å². The van der Waals surface area contributed by atoms with Gasteiger partial charge in [-0.05, 0) is 49.2 Å². The van der Waals surface area contributed by atoms with E-state index < -0.39 is 5.69 Å². The van der Waals surface area contributed by atoms with Crippen molar-refractivity contribution >= 4 is 38.4 Å². The van der Waals surface area contributed by atoms with E-state index in [1.807, 2.05) is 18.2 Å². The third-order valence-electron chi connectivity index (χ3n) is 4.98. The van der Waals surface area contributed by atoms with Gasteiger partial charge in [-0.2, -0.15) is 0 Å². The Morgan fingerprint density at radius 1 is 1.11 bits per heavy atom. The lowest BCUT2D eigenvalue weighted by atomic mass is 10.2. The number of para-hydroxylation sites is 1. The predicted molar refractivity (Wildman–Crippen MR) is 108 cm³/mol. The number of nitrogens with zero attached hydrogens (tertiary/aromatic N) is 3. The summed E-state index contributed by atoms with van der Waals surface area (Å²) >= 11 is 3.45. The maximum atomic E-state index is 13.0. The number of carbonyl (C=O) groups excluding carboxylic acids is 1. The molecule has 1 aromatic heterocycles. The predicted octanol–water partition coefficient (Wildman–Crippen LogP) is 2.53. The average molecular weight is 428 g/mol. The topological polar surface area (TPSA) is 64.3 Å². The van der Waals surface area contributed by atoms with Gasteiger partial charge in [-0.3, -0.25) is 18.7 Å². The number of halogens is 1. The molecule has 3 aromatic rings. The number of anilines is 1. The average Bonchev–Trinajstić information content (AvgIpc) is 3.08. The minimum absolute atomic E-state index is 0.102. The van der Waals surface area contributed by atoms with Crippen LogP contribution >= 0.6 is 15.9 Å². The molecule has 2 aromatic carbocycles. The molecule has 138 valence electrons. The Hall–Kier alpha value is -2.67. The fourth-order valence-electron chi connectivity index (χ4n) is 3.65. The molecule has 0 saturated carbocycles. The molecule has 1 aliphatic heterocycles. The molecule has 1 aliphatic rings. The van der Waals surface area contributed by atoms with E-state index >= 15 is 0 Å². The molecule has 7 heteroatoms. The number of benzene rings is 2. The van der Waals surface area contributed by atoms with Crippen LogP contribution in [0.2, 0.25) is 0 Å². The highest BCUT2D eigenvalue weighted by molar-refractivity contribution is 9.10. The van der Waals surface area contributed by atoms with Crippen molar-refractivity contribution in [1.29, 1.82) is 0 Å². The molecule has 6 nitrogen and oxygen atoms in total. The van der Waals surface area contributed by atoms with E-state index in [4.69, 9.17) is 0 Å². The van der Waals surface area contributed by atoms with Crippen LogP contribution in [-0.2, 0) is 24.3 Å². The second-order valence-corrected chi connectivity index (χ2v) is 7.42. The van der Waals surface area contributed by atoms with Gasteiger partial charge in [0.15, 0.2) is 0 Å². The van der Waals surface area contributed by atoms with Gasteiger partial charge in [0.05, 0.1) is 10.9 Å². The minimum Gasteiger partial charge on any atom is -0.310 e. The second-order valence-electron chi connectivity index (χ2n) is 6.50. The van der Waals surface area contributed by atoms with Gasteiger partial charge in [-0.1, -0.05) is 28.1 Å². The smallest absolute Gasteiger partial charge is 0.310 e. The number of aromatic nitrogens is 2. The van der Waals surface area contributed by atoms with Gasteiger partial charge in [0, 0.05) is 23.2 Å². The van der Waals surface area contributed by atoms with E-state index in [1.54, 1.807) is 36.1 Å². The standard InChI is InChI=1S/C20H18BrN3O3/c1-2-22-19(26)15-5-3-4-6-17(15)24(20(22)27)12-18(25)23-10-9-13-11-14(21)7-8-16(13)23/h3-8,11H,2,9-10,12H2,1H3. The van der Waals surface area contributed by atoms with Crippen LogP contribution in [-0.4, -0.2) is 21.6 Å². The maximum Gasteiger partial charge on any atom is 0.331 e. The first-order valence-electron chi connectivity index (χ1n) is 8.82. The highest BCUT2D eigenvalue weighted by Gasteiger charge is 2.26. The van der Waals surface area contributed by atoms with Crippen molar-refractivity contribution in [3.63, 3.8) is 0 Å². The monoisotopic (exact) mass is 427 g/mol. The first-order chi connectivity index (χ1) is 13.0. The molecule has 0 unspecified atom stereocenters. The minimum atomic E-state index is -0.454. The van der Waals surface area contributed by atoms with Crippen molar-refractivity contribution in [2.45, 2.75) is 26.4 Å². The van der Waals surface area contributed by atoms with E-state index in [0.717, 1.165) is 22.1 Å². The number of carbonyl (C=O) groups is 1. The largest absolute Gasteiger partial charge is 0.331 e. The second kappa shape index (κ2) is 6.81. The molecule has 0 bridgehead atoms.